The molecule has 0 saturated heterocycles. The fourth-order valence-electron chi connectivity index (χ4n) is 1.82. The lowest BCUT2D eigenvalue weighted by atomic mass is 10.1. The third-order valence-electron chi connectivity index (χ3n) is 2.80. The summed E-state index contributed by atoms with van der Waals surface area (Å²) in [5.41, 5.74) is 1.34. The predicted octanol–water partition coefficient (Wildman–Crippen LogP) is 3.15. The number of carbonyl (C=O) groups is 1. The zero-order valence-electron chi connectivity index (χ0n) is 11.2. The van der Waals surface area contributed by atoms with Crippen molar-refractivity contribution in [1.29, 1.82) is 0 Å². The van der Waals surface area contributed by atoms with E-state index >= 15 is 0 Å². The molecule has 104 valence electrons. The summed E-state index contributed by atoms with van der Waals surface area (Å²) in [6.07, 6.45) is 0. The van der Waals surface area contributed by atoms with E-state index in [4.69, 9.17) is 4.74 Å². The largest absolute Gasteiger partial charge is 0.493 e. The van der Waals surface area contributed by atoms with E-state index in [1.807, 2.05) is 13.0 Å². The molecule has 0 heterocycles. The third kappa shape index (κ3) is 3.57. The number of amides is 1. The summed E-state index contributed by atoms with van der Waals surface area (Å²) in [7, 11) is 0. The van der Waals surface area contributed by atoms with Gasteiger partial charge >= 0.3 is 0 Å². The molecule has 0 aliphatic rings. The molecule has 0 unspecified atom stereocenters. The molecule has 0 aliphatic heterocycles. The zero-order chi connectivity index (χ0) is 14.4. The summed E-state index contributed by atoms with van der Waals surface area (Å²) in [5.74, 6) is 0.0618. The van der Waals surface area contributed by atoms with Gasteiger partial charge in [-0.2, -0.15) is 0 Å². The highest BCUT2D eigenvalue weighted by molar-refractivity contribution is 5.96. The van der Waals surface area contributed by atoms with E-state index < -0.39 is 0 Å². The van der Waals surface area contributed by atoms with E-state index in [9.17, 15) is 9.18 Å². The van der Waals surface area contributed by atoms with Gasteiger partial charge < -0.3 is 10.1 Å². The van der Waals surface area contributed by atoms with Crippen molar-refractivity contribution in [3.8, 4) is 5.75 Å². The quantitative estimate of drug-likeness (QED) is 0.908. The normalized spacial score (nSPS) is 10.1. The second-order valence-corrected chi connectivity index (χ2v) is 4.24. The highest BCUT2D eigenvalue weighted by atomic mass is 19.1. The summed E-state index contributed by atoms with van der Waals surface area (Å²) in [6.45, 7) is 2.72. The van der Waals surface area contributed by atoms with Gasteiger partial charge in [-0.15, -0.1) is 0 Å². The molecule has 0 spiro atoms. The number of rotatable bonds is 5. The lowest BCUT2D eigenvalue weighted by molar-refractivity contribution is 0.0947. The molecule has 0 fully saturated rings. The maximum atomic E-state index is 12.8. The van der Waals surface area contributed by atoms with Crippen LogP contribution in [0.4, 0.5) is 4.39 Å². The van der Waals surface area contributed by atoms with Crippen LogP contribution >= 0.6 is 0 Å². The van der Waals surface area contributed by atoms with Crippen molar-refractivity contribution >= 4 is 5.91 Å². The van der Waals surface area contributed by atoms with Crippen LogP contribution in [0.25, 0.3) is 0 Å². The fraction of sp³-hybridized carbons (Fsp3) is 0.188. The summed E-state index contributed by atoms with van der Waals surface area (Å²) in [4.78, 5) is 12.1. The van der Waals surface area contributed by atoms with Crippen LogP contribution in [-0.2, 0) is 6.54 Å². The van der Waals surface area contributed by atoms with Gasteiger partial charge in [-0.1, -0.05) is 24.3 Å². The van der Waals surface area contributed by atoms with Crippen molar-refractivity contribution in [1.82, 2.24) is 5.32 Å². The molecule has 3 nitrogen and oxygen atoms in total. The van der Waals surface area contributed by atoms with Gasteiger partial charge in [0.1, 0.15) is 11.6 Å². The monoisotopic (exact) mass is 273 g/mol. The van der Waals surface area contributed by atoms with Crippen molar-refractivity contribution in [3.63, 3.8) is 0 Å². The van der Waals surface area contributed by atoms with Gasteiger partial charge in [0.2, 0.25) is 0 Å². The molecule has 2 aromatic carbocycles. The minimum Gasteiger partial charge on any atom is -0.493 e. The van der Waals surface area contributed by atoms with E-state index in [1.165, 1.54) is 12.1 Å². The zero-order valence-corrected chi connectivity index (χ0v) is 11.2. The van der Waals surface area contributed by atoms with Crippen LogP contribution in [0.5, 0.6) is 5.75 Å². The Balaban J connectivity index is 2.03. The van der Waals surface area contributed by atoms with Crippen LogP contribution in [-0.4, -0.2) is 12.5 Å². The van der Waals surface area contributed by atoms with Crippen molar-refractivity contribution in [2.24, 2.45) is 0 Å². The average molecular weight is 273 g/mol. The Morgan fingerprint density at radius 2 is 1.85 bits per heavy atom. The Bertz CT molecular complexity index is 581. The van der Waals surface area contributed by atoms with Gasteiger partial charge in [0.25, 0.3) is 5.91 Å². The molecule has 0 saturated carbocycles. The van der Waals surface area contributed by atoms with Gasteiger partial charge in [-0.3, -0.25) is 4.79 Å². The molecular formula is C16H16FNO2. The van der Waals surface area contributed by atoms with Crippen LogP contribution in [0, 0.1) is 5.82 Å². The highest BCUT2D eigenvalue weighted by Gasteiger charge is 2.11. The van der Waals surface area contributed by atoms with Crippen molar-refractivity contribution in [2.45, 2.75) is 13.5 Å². The number of benzene rings is 2. The molecule has 2 aromatic rings. The van der Waals surface area contributed by atoms with Crippen LogP contribution < -0.4 is 10.1 Å². The molecule has 20 heavy (non-hydrogen) atoms. The van der Waals surface area contributed by atoms with Gasteiger partial charge in [0.15, 0.2) is 0 Å². The molecule has 0 atom stereocenters. The SMILES string of the molecule is CCOc1ccccc1C(=O)NCc1ccc(F)cc1. The van der Waals surface area contributed by atoms with E-state index in [-0.39, 0.29) is 11.7 Å². The Morgan fingerprint density at radius 3 is 2.55 bits per heavy atom. The molecule has 0 aliphatic carbocycles. The molecular weight excluding hydrogens is 257 g/mol. The number of halogens is 1. The lowest BCUT2D eigenvalue weighted by Gasteiger charge is -2.10. The third-order valence-corrected chi connectivity index (χ3v) is 2.80. The number of hydrogen-bond donors (Lipinski definition) is 1. The van der Waals surface area contributed by atoms with Crippen molar-refractivity contribution < 1.29 is 13.9 Å². The number of carbonyl (C=O) groups excluding carboxylic acids is 1. The Labute approximate surface area is 117 Å². The molecule has 0 radical (unpaired) electrons. The first-order valence-corrected chi connectivity index (χ1v) is 6.45. The van der Waals surface area contributed by atoms with Gasteiger partial charge in [-0.25, -0.2) is 4.39 Å². The smallest absolute Gasteiger partial charge is 0.255 e. The maximum Gasteiger partial charge on any atom is 0.255 e. The average Bonchev–Trinajstić information content (AvgIpc) is 2.47. The van der Waals surface area contributed by atoms with Crippen molar-refractivity contribution in [3.05, 3.63) is 65.5 Å². The van der Waals surface area contributed by atoms with Crippen molar-refractivity contribution in [2.75, 3.05) is 6.61 Å². The van der Waals surface area contributed by atoms with Gasteiger partial charge in [0, 0.05) is 6.54 Å². The fourth-order valence-corrected chi connectivity index (χ4v) is 1.82. The topological polar surface area (TPSA) is 38.3 Å². The van der Waals surface area contributed by atoms with Gasteiger partial charge in [0.05, 0.1) is 12.2 Å². The van der Waals surface area contributed by atoms with Crippen LogP contribution in [0.15, 0.2) is 48.5 Å². The summed E-state index contributed by atoms with van der Waals surface area (Å²) in [6, 6.07) is 13.1. The minimum atomic E-state index is -0.290. The second-order valence-electron chi connectivity index (χ2n) is 4.24. The summed E-state index contributed by atoms with van der Waals surface area (Å²) < 4.78 is 18.2. The highest BCUT2D eigenvalue weighted by Crippen LogP contribution is 2.17. The van der Waals surface area contributed by atoms with E-state index in [1.54, 1.807) is 30.3 Å². The second kappa shape index (κ2) is 6.70. The van der Waals surface area contributed by atoms with Crippen LogP contribution in [0.2, 0.25) is 0 Å². The molecule has 4 heteroatoms. The molecule has 0 aromatic heterocycles. The Hall–Kier alpha value is -2.36. The number of ether oxygens (including phenoxy) is 1. The minimum absolute atomic E-state index is 0.210. The first-order chi connectivity index (χ1) is 9.70. The summed E-state index contributed by atoms with van der Waals surface area (Å²) in [5, 5.41) is 2.79. The molecule has 1 amide bonds. The predicted molar refractivity (Wildman–Crippen MR) is 75.2 cm³/mol. The number of nitrogens with one attached hydrogen (secondary N) is 1. The molecule has 0 bridgehead atoms. The first kappa shape index (κ1) is 14.1. The number of para-hydroxylation sites is 1. The van der Waals surface area contributed by atoms with Crippen LogP contribution in [0.1, 0.15) is 22.8 Å². The van der Waals surface area contributed by atoms with E-state index in [0.29, 0.717) is 24.5 Å². The Morgan fingerprint density at radius 1 is 1.15 bits per heavy atom. The van der Waals surface area contributed by atoms with E-state index in [0.717, 1.165) is 5.56 Å². The maximum absolute atomic E-state index is 12.8. The van der Waals surface area contributed by atoms with E-state index in [2.05, 4.69) is 5.32 Å². The standard InChI is InChI=1S/C16H16FNO2/c1-2-20-15-6-4-3-5-14(15)16(19)18-11-12-7-9-13(17)10-8-12/h3-10H,2,11H2,1H3,(H,18,19). The molecule has 2 rings (SSSR count). The lowest BCUT2D eigenvalue weighted by Crippen LogP contribution is -2.23. The van der Waals surface area contributed by atoms with Gasteiger partial charge in [-0.05, 0) is 36.8 Å². The molecule has 1 N–H and O–H groups in total. The van der Waals surface area contributed by atoms with Crippen LogP contribution in [0.3, 0.4) is 0 Å². The first-order valence-electron chi connectivity index (χ1n) is 6.45. The number of hydrogen-bond acceptors (Lipinski definition) is 2. The Kier molecular flexibility index (Phi) is 4.71. The summed E-state index contributed by atoms with van der Waals surface area (Å²) >= 11 is 0.